The summed E-state index contributed by atoms with van der Waals surface area (Å²) in [5, 5.41) is 8.69. The number of benzene rings is 1. The number of hydrogen-bond acceptors (Lipinski definition) is 7. The molecule has 5 N–H and O–H groups in total. The lowest BCUT2D eigenvalue weighted by Crippen LogP contribution is -2.36. The molecule has 0 radical (unpaired) electrons. The molecule has 2 heterocycles. The highest BCUT2D eigenvalue weighted by Gasteiger charge is 2.42. The van der Waals surface area contributed by atoms with E-state index in [2.05, 4.69) is 16.0 Å². The second-order valence-electron chi connectivity index (χ2n) is 8.67. The maximum Gasteiger partial charge on any atom is 0.315 e. The van der Waals surface area contributed by atoms with Gasteiger partial charge < -0.3 is 21.7 Å². The molecule has 3 amide bonds. The molecule has 3 rings (SSSR count). The van der Waals surface area contributed by atoms with Crippen molar-refractivity contribution in [2.24, 2.45) is 5.73 Å². The number of thioether (sulfide) groups is 2. The fourth-order valence-corrected chi connectivity index (χ4v) is 6.83. The van der Waals surface area contributed by atoms with Gasteiger partial charge in [-0.05, 0) is 31.4 Å². The van der Waals surface area contributed by atoms with E-state index in [0.717, 1.165) is 29.9 Å². The molecule has 186 valence electrons. The predicted octanol–water partition coefficient (Wildman–Crippen LogP) is 2.26. The van der Waals surface area contributed by atoms with E-state index in [1.54, 1.807) is 0 Å². The number of unbranched alkanes of at least 4 members (excludes halogenated alkanes) is 1. The minimum absolute atomic E-state index is 0.0708. The van der Waals surface area contributed by atoms with Crippen molar-refractivity contribution in [3.63, 3.8) is 0 Å². The summed E-state index contributed by atoms with van der Waals surface area (Å²) in [6.07, 6.45) is 4.45. The number of amides is 3. The first kappa shape index (κ1) is 26.6. The summed E-state index contributed by atoms with van der Waals surface area (Å²) in [6, 6.07) is 9.86. The largest absolute Gasteiger partial charge is 0.355 e. The lowest BCUT2D eigenvalue weighted by atomic mass is 10.0. The van der Waals surface area contributed by atoms with Gasteiger partial charge >= 0.3 is 6.03 Å². The van der Waals surface area contributed by atoms with Crippen molar-refractivity contribution in [3.8, 4) is 0 Å². The Morgan fingerprint density at radius 1 is 1.09 bits per heavy atom. The Morgan fingerprint density at radius 3 is 2.62 bits per heavy atom. The van der Waals surface area contributed by atoms with Crippen molar-refractivity contribution in [3.05, 3.63) is 30.3 Å². The van der Waals surface area contributed by atoms with E-state index in [1.165, 1.54) is 11.8 Å². The molecule has 1 aromatic rings. The molecule has 4 atom stereocenters. The van der Waals surface area contributed by atoms with Gasteiger partial charge in [-0.15, -0.1) is 11.8 Å². The smallest absolute Gasteiger partial charge is 0.315 e. The van der Waals surface area contributed by atoms with Gasteiger partial charge in [0.2, 0.25) is 5.91 Å². The Kier molecular flexibility index (Phi) is 10.7. The maximum absolute atomic E-state index is 12.6. The normalized spacial score (nSPS) is 21.9. The zero-order valence-electron chi connectivity index (χ0n) is 19.3. The quantitative estimate of drug-likeness (QED) is 0.163. The highest BCUT2D eigenvalue weighted by atomic mass is 32.2. The van der Waals surface area contributed by atoms with Crippen LogP contribution in [0.3, 0.4) is 0 Å². The average molecular weight is 507 g/mol. The number of ketones is 2. The van der Waals surface area contributed by atoms with Gasteiger partial charge in [-0.25, -0.2) is 4.79 Å². The van der Waals surface area contributed by atoms with Gasteiger partial charge in [0.15, 0.2) is 0 Å². The molecular formula is C24H34N4O4S2. The molecule has 0 aromatic heterocycles. The van der Waals surface area contributed by atoms with Crippen LogP contribution in [-0.4, -0.2) is 64.9 Å². The standard InChI is InChI=1S/C24H34N4O4S2/c25-14-17(30)13-21(34-18-9-2-1-3-10-18)23(31)26-12-6-8-16(29)7-4-5-11-20-22-19(15-33-20)27-24(32)28-22/h1-3,9-10,19-22H,4-8,11-15,25H2,(H,26,31)(H2,27,28,32). The minimum Gasteiger partial charge on any atom is -0.355 e. The molecule has 2 saturated heterocycles. The molecule has 1 aromatic carbocycles. The summed E-state index contributed by atoms with van der Waals surface area (Å²) in [4.78, 5) is 49.0. The first-order valence-corrected chi connectivity index (χ1v) is 13.8. The lowest BCUT2D eigenvalue weighted by molar-refractivity contribution is -0.124. The molecule has 0 bridgehead atoms. The van der Waals surface area contributed by atoms with Crippen LogP contribution in [0.1, 0.15) is 44.9 Å². The van der Waals surface area contributed by atoms with E-state index in [9.17, 15) is 19.2 Å². The Labute approximate surface area is 209 Å². The summed E-state index contributed by atoms with van der Waals surface area (Å²) in [7, 11) is 0. The fraction of sp³-hybridized carbons (Fsp3) is 0.583. The van der Waals surface area contributed by atoms with Crippen molar-refractivity contribution < 1.29 is 19.2 Å². The molecule has 34 heavy (non-hydrogen) atoms. The van der Waals surface area contributed by atoms with E-state index >= 15 is 0 Å². The highest BCUT2D eigenvalue weighted by molar-refractivity contribution is 8.00. The van der Waals surface area contributed by atoms with Crippen molar-refractivity contribution in [2.45, 2.75) is 72.4 Å². The van der Waals surface area contributed by atoms with Crippen molar-refractivity contribution >= 4 is 47.0 Å². The molecule has 2 aliphatic rings. The molecule has 0 spiro atoms. The second-order valence-corrected chi connectivity index (χ2v) is 11.2. The third-order valence-corrected chi connectivity index (χ3v) is 8.74. The number of rotatable bonds is 15. The number of nitrogens with one attached hydrogen (secondary N) is 3. The van der Waals surface area contributed by atoms with Crippen LogP contribution in [0.2, 0.25) is 0 Å². The van der Waals surface area contributed by atoms with E-state index in [4.69, 9.17) is 5.73 Å². The molecule has 2 aliphatic heterocycles. The first-order valence-electron chi connectivity index (χ1n) is 11.9. The summed E-state index contributed by atoms with van der Waals surface area (Å²) in [5.41, 5.74) is 5.43. The van der Waals surface area contributed by atoms with Crippen molar-refractivity contribution in [1.29, 1.82) is 0 Å². The van der Waals surface area contributed by atoms with Gasteiger partial charge in [0, 0.05) is 41.7 Å². The van der Waals surface area contributed by atoms with Crippen LogP contribution in [0.25, 0.3) is 0 Å². The monoisotopic (exact) mass is 506 g/mol. The molecule has 4 unspecified atom stereocenters. The Balaban J connectivity index is 1.29. The van der Waals surface area contributed by atoms with Gasteiger partial charge in [0.25, 0.3) is 0 Å². The van der Waals surface area contributed by atoms with Crippen LogP contribution < -0.4 is 21.7 Å². The lowest BCUT2D eigenvalue weighted by Gasteiger charge is -2.16. The Hall–Kier alpha value is -2.04. The van der Waals surface area contributed by atoms with Crippen LogP contribution in [0.4, 0.5) is 4.79 Å². The summed E-state index contributed by atoms with van der Waals surface area (Å²) < 4.78 is 0. The zero-order chi connectivity index (χ0) is 24.3. The topological polar surface area (TPSA) is 130 Å². The van der Waals surface area contributed by atoms with Crippen LogP contribution in [0.15, 0.2) is 35.2 Å². The second kappa shape index (κ2) is 13.7. The number of carbonyl (C=O) groups is 4. The highest BCUT2D eigenvalue weighted by Crippen LogP contribution is 2.33. The number of carbonyl (C=O) groups excluding carboxylic acids is 4. The Bertz CT molecular complexity index is 855. The summed E-state index contributed by atoms with van der Waals surface area (Å²) in [6.45, 7) is 0.321. The SMILES string of the molecule is NCC(=O)CC(Sc1ccccc1)C(=O)NCCCC(=O)CCCCC1SCC2NC(=O)NC21. The molecule has 10 heteroatoms. The molecule has 2 fully saturated rings. The van der Waals surface area contributed by atoms with E-state index in [-0.39, 0.29) is 48.6 Å². The number of Topliss-reactive ketones (excluding diaryl/α,β-unsaturated/α-hetero) is 2. The van der Waals surface area contributed by atoms with Gasteiger partial charge in [-0.2, -0.15) is 11.8 Å². The molecular weight excluding hydrogens is 472 g/mol. The van der Waals surface area contributed by atoms with E-state index < -0.39 is 5.25 Å². The van der Waals surface area contributed by atoms with Crippen LogP contribution in [0.5, 0.6) is 0 Å². The van der Waals surface area contributed by atoms with Crippen LogP contribution in [-0.2, 0) is 14.4 Å². The van der Waals surface area contributed by atoms with Crippen molar-refractivity contribution in [1.82, 2.24) is 16.0 Å². The number of nitrogens with two attached hydrogens (primary N) is 1. The van der Waals surface area contributed by atoms with E-state index in [0.29, 0.717) is 31.1 Å². The van der Waals surface area contributed by atoms with E-state index in [1.807, 2.05) is 42.1 Å². The molecule has 0 saturated carbocycles. The van der Waals surface area contributed by atoms with Crippen LogP contribution >= 0.6 is 23.5 Å². The minimum atomic E-state index is -0.540. The maximum atomic E-state index is 12.6. The summed E-state index contributed by atoms with van der Waals surface area (Å²) in [5.74, 6) is 0.792. The number of hydrogen-bond donors (Lipinski definition) is 4. The predicted molar refractivity (Wildman–Crippen MR) is 136 cm³/mol. The zero-order valence-corrected chi connectivity index (χ0v) is 20.9. The van der Waals surface area contributed by atoms with Gasteiger partial charge in [-0.3, -0.25) is 14.4 Å². The first-order chi connectivity index (χ1) is 16.5. The van der Waals surface area contributed by atoms with Crippen molar-refractivity contribution in [2.75, 3.05) is 18.8 Å². The van der Waals surface area contributed by atoms with Gasteiger partial charge in [0.05, 0.1) is 23.9 Å². The molecule has 8 nitrogen and oxygen atoms in total. The fourth-order valence-electron chi connectivity index (χ4n) is 4.19. The molecule has 0 aliphatic carbocycles. The number of fused-ring (bicyclic) bond motifs is 1. The average Bonchev–Trinajstić information content (AvgIpc) is 3.38. The third kappa shape index (κ3) is 8.32. The number of urea groups is 1. The van der Waals surface area contributed by atoms with Gasteiger partial charge in [0.1, 0.15) is 11.6 Å². The van der Waals surface area contributed by atoms with Crippen LogP contribution in [0, 0.1) is 0 Å². The Morgan fingerprint density at radius 2 is 1.85 bits per heavy atom. The summed E-state index contributed by atoms with van der Waals surface area (Å²) >= 11 is 3.24. The third-order valence-electron chi connectivity index (χ3n) is 6.02. The van der Waals surface area contributed by atoms with Gasteiger partial charge in [-0.1, -0.05) is 24.6 Å².